The standard InChI is InChI=1S/C17H16N6OS/c1-9(2)23-8-19-22-17(23)10-3-4-13-12(5-10)15(21-20-13)11-6-14(16(18)24)25-7-11/h3-9H,1-2H3,(H2,18,24)(H,20,21). The van der Waals surface area contributed by atoms with Crippen molar-refractivity contribution in [3.05, 3.63) is 40.8 Å². The van der Waals surface area contributed by atoms with Gasteiger partial charge in [0.05, 0.1) is 10.4 Å². The van der Waals surface area contributed by atoms with E-state index in [1.165, 1.54) is 11.3 Å². The third-order valence-corrected chi connectivity index (χ3v) is 5.01. The second-order valence-corrected chi connectivity index (χ2v) is 6.96. The molecule has 7 nitrogen and oxygen atoms in total. The molecule has 0 saturated carbocycles. The van der Waals surface area contributed by atoms with Gasteiger partial charge in [0.15, 0.2) is 5.82 Å². The van der Waals surface area contributed by atoms with Crippen molar-refractivity contribution < 1.29 is 4.79 Å². The number of carbonyl (C=O) groups excluding carboxylic acids is 1. The van der Waals surface area contributed by atoms with Gasteiger partial charge in [0.25, 0.3) is 5.91 Å². The molecule has 0 bridgehead atoms. The van der Waals surface area contributed by atoms with Gasteiger partial charge in [-0.2, -0.15) is 5.10 Å². The van der Waals surface area contributed by atoms with Gasteiger partial charge in [-0.1, -0.05) is 0 Å². The predicted octanol–water partition coefficient (Wildman–Crippen LogP) is 3.23. The number of hydrogen-bond acceptors (Lipinski definition) is 5. The minimum absolute atomic E-state index is 0.263. The van der Waals surface area contributed by atoms with Crippen molar-refractivity contribution in [2.75, 3.05) is 0 Å². The Hall–Kier alpha value is -3.00. The summed E-state index contributed by atoms with van der Waals surface area (Å²) in [5.41, 5.74) is 8.89. The minimum atomic E-state index is -0.429. The van der Waals surface area contributed by atoms with E-state index in [9.17, 15) is 4.79 Å². The summed E-state index contributed by atoms with van der Waals surface area (Å²) in [6.07, 6.45) is 1.73. The van der Waals surface area contributed by atoms with E-state index in [0.717, 1.165) is 33.5 Å². The number of nitrogens with one attached hydrogen (secondary N) is 1. The number of aromatic nitrogens is 5. The second-order valence-electron chi connectivity index (χ2n) is 6.05. The number of thiophene rings is 1. The number of carbonyl (C=O) groups is 1. The van der Waals surface area contributed by atoms with Crippen LogP contribution in [-0.2, 0) is 0 Å². The fourth-order valence-electron chi connectivity index (χ4n) is 2.79. The summed E-state index contributed by atoms with van der Waals surface area (Å²) in [7, 11) is 0. The van der Waals surface area contributed by atoms with Gasteiger partial charge in [-0.25, -0.2) is 0 Å². The molecule has 0 aliphatic heterocycles. The maximum Gasteiger partial charge on any atom is 0.258 e. The smallest absolute Gasteiger partial charge is 0.258 e. The van der Waals surface area contributed by atoms with Crippen LogP contribution in [0.25, 0.3) is 33.5 Å². The van der Waals surface area contributed by atoms with Crippen molar-refractivity contribution in [2.45, 2.75) is 19.9 Å². The number of benzene rings is 1. The molecule has 3 aromatic heterocycles. The van der Waals surface area contributed by atoms with Gasteiger partial charge in [0.2, 0.25) is 0 Å². The predicted molar refractivity (Wildman–Crippen MR) is 97.3 cm³/mol. The Labute approximate surface area is 147 Å². The molecule has 0 spiro atoms. The van der Waals surface area contributed by atoms with E-state index >= 15 is 0 Å². The molecule has 3 N–H and O–H groups in total. The SMILES string of the molecule is CC(C)n1cnnc1-c1ccc2[nH]nc(-c3csc(C(N)=O)c3)c2c1. The van der Waals surface area contributed by atoms with Gasteiger partial charge in [-0.3, -0.25) is 9.89 Å². The summed E-state index contributed by atoms with van der Waals surface area (Å²) in [5.74, 6) is 0.383. The minimum Gasteiger partial charge on any atom is -0.365 e. The lowest BCUT2D eigenvalue weighted by atomic mass is 10.1. The van der Waals surface area contributed by atoms with Crippen molar-refractivity contribution in [3.8, 4) is 22.6 Å². The normalized spacial score (nSPS) is 11.5. The molecule has 0 fully saturated rings. The molecule has 1 aromatic carbocycles. The van der Waals surface area contributed by atoms with Gasteiger partial charge in [-0.15, -0.1) is 21.5 Å². The van der Waals surface area contributed by atoms with Crippen LogP contribution in [0.1, 0.15) is 29.6 Å². The first kappa shape index (κ1) is 15.5. The molecule has 4 rings (SSSR count). The van der Waals surface area contributed by atoms with Crippen LogP contribution in [0.2, 0.25) is 0 Å². The lowest BCUT2D eigenvalue weighted by Crippen LogP contribution is -2.08. The maximum atomic E-state index is 11.3. The summed E-state index contributed by atoms with van der Waals surface area (Å²) in [6.45, 7) is 4.18. The number of aromatic amines is 1. The van der Waals surface area contributed by atoms with E-state index < -0.39 is 5.91 Å². The first-order valence-corrected chi connectivity index (χ1v) is 8.69. The van der Waals surface area contributed by atoms with E-state index in [1.807, 2.05) is 28.1 Å². The largest absolute Gasteiger partial charge is 0.365 e. The number of amides is 1. The van der Waals surface area contributed by atoms with Gasteiger partial charge in [0, 0.05) is 27.9 Å². The Morgan fingerprint density at radius 1 is 1.28 bits per heavy atom. The fraction of sp³-hybridized carbons (Fsp3) is 0.176. The van der Waals surface area contributed by atoms with Gasteiger partial charge in [-0.05, 0) is 38.1 Å². The molecular weight excluding hydrogens is 336 g/mol. The monoisotopic (exact) mass is 352 g/mol. The van der Waals surface area contributed by atoms with E-state index in [-0.39, 0.29) is 6.04 Å². The molecule has 8 heteroatoms. The van der Waals surface area contributed by atoms with Crippen molar-refractivity contribution in [3.63, 3.8) is 0 Å². The topological polar surface area (TPSA) is 102 Å². The molecule has 0 aliphatic carbocycles. The van der Waals surface area contributed by atoms with Crippen LogP contribution in [0.3, 0.4) is 0 Å². The van der Waals surface area contributed by atoms with E-state index in [2.05, 4.69) is 34.2 Å². The van der Waals surface area contributed by atoms with Crippen LogP contribution in [0.15, 0.2) is 36.0 Å². The van der Waals surface area contributed by atoms with E-state index in [1.54, 1.807) is 12.4 Å². The maximum absolute atomic E-state index is 11.3. The highest BCUT2D eigenvalue weighted by molar-refractivity contribution is 7.12. The Bertz CT molecular complexity index is 1070. The van der Waals surface area contributed by atoms with Gasteiger partial charge in [0.1, 0.15) is 12.0 Å². The molecule has 0 unspecified atom stereocenters. The summed E-state index contributed by atoms with van der Waals surface area (Å²) in [4.78, 5) is 11.9. The molecule has 4 aromatic rings. The number of nitrogens with two attached hydrogens (primary N) is 1. The van der Waals surface area contributed by atoms with E-state index in [4.69, 9.17) is 5.73 Å². The quantitative estimate of drug-likeness (QED) is 0.588. The number of fused-ring (bicyclic) bond motifs is 1. The Morgan fingerprint density at radius 3 is 2.84 bits per heavy atom. The summed E-state index contributed by atoms with van der Waals surface area (Å²) in [5, 5.41) is 18.6. The van der Waals surface area contributed by atoms with Crippen molar-refractivity contribution >= 4 is 28.1 Å². The second kappa shape index (κ2) is 5.82. The highest BCUT2D eigenvalue weighted by atomic mass is 32.1. The molecule has 0 radical (unpaired) electrons. The first-order valence-electron chi connectivity index (χ1n) is 7.81. The zero-order valence-electron chi connectivity index (χ0n) is 13.7. The molecular formula is C17H16N6OS. The van der Waals surface area contributed by atoms with E-state index in [0.29, 0.717) is 4.88 Å². The Kier molecular flexibility index (Phi) is 3.61. The number of H-pyrrole nitrogens is 1. The summed E-state index contributed by atoms with van der Waals surface area (Å²) >= 11 is 1.32. The molecule has 3 heterocycles. The average Bonchev–Trinajstić information content (AvgIpc) is 3.31. The van der Waals surface area contributed by atoms with Crippen LogP contribution >= 0.6 is 11.3 Å². The molecule has 25 heavy (non-hydrogen) atoms. The van der Waals surface area contributed by atoms with Crippen LogP contribution in [-0.4, -0.2) is 30.9 Å². The van der Waals surface area contributed by atoms with Crippen molar-refractivity contribution in [1.82, 2.24) is 25.0 Å². The third kappa shape index (κ3) is 2.60. The number of rotatable bonds is 4. The fourth-order valence-corrected chi connectivity index (χ4v) is 3.53. The van der Waals surface area contributed by atoms with Gasteiger partial charge >= 0.3 is 0 Å². The van der Waals surface area contributed by atoms with Crippen molar-refractivity contribution in [2.24, 2.45) is 5.73 Å². The first-order chi connectivity index (χ1) is 12.0. The molecule has 126 valence electrons. The Balaban J connectivity index is 1.85. The lowest BCUT2D eigenvalue weighted by molar-refractivity contribution is 0.100. The Morgan fingerprint density at radius 2 is 2.12 bits per heavy atom. The highest BCUT2D eigenvalue weighted by Gasteiger charge is 2.15. The van der Waals surface area contributed by atoms with Crippen LogP contribution < -0.4 is 5.73 Å². The summed E-state index contributed by atoms with van der Waals surface area (Å²) in [6, 6.07) is 8.04. The third-order valence-electron chi connectivity index (χ3n) is 4.07. The lowest BCUT2D eigenvalue weighted by Gasteiger charge is -2.10. The number of primary amides is 1. The molecule has 1 amide bonds. The number of nitrogens with zero attached hydrogens (tertiary/aromatic N) is 4. The van der Waals surface area contributed by atoms with Crippen molar-refractivity contribution in [1.29, 1.82) is 0 Å². The highest BCUT2D eigenvalue weighted by Crippen LogP contribution is 2.32. The molecule has 0 aliphatic rings. The molecule has 0 atom stereocenters. The summed E-state index contributed by atoms with van der Waals surface area (Å²) < 4.78 is 2.02. The average molecular weight is 352 g/mol. The molecule has 0 saturated heterocycles. The van der Waals surface area contributed by atoms with Crippen LogP contribution in [0.4, 0.5) is 0 Å². The number of hydrogen-bond donors (Lipinski definition) is 2. The van der Waals surface area contributed by atoms with Gasteiger partial charge < -0.3 is 10.3 Å². The zero-order valence-corrected chi connectivity index (χ0v) is 14.5. The zero-order chi connectivity index (χ0) is 17.6. The van der Waals surface area contributed by atoms with Crippen LogP contribution in [0, 0.1) is 0 Å². The van der Waals surface area contributed by atoms with Crippen LogP contribution in [0.5, 0.6) is 0 Å².